The summed E-state index contributed by atoms with van der Waals surface area (Å²) in [7, 11) is 2.13. The maximum Gasteiger partial charge on any atom is 0.0499 e. The molecule has 0 aliphatic rings. The molecule has 1 nitrogen and oxygen atoms in total. The highest BCUT2D eigenvalue weighted by atomic mass is 32.2. The summed E-state index contributed by atoms with van der Waals surface area (Å²) in [5.74, 6) is 0. The van der Waals surface area contributed by atoms with Crippen LogP contribution in [0.15, 0.2) is 47.4 Å². The number of fused-ring (bicyclic) bond motifs is 3. The fourth-order valence-corrected chi connectivity index (χ4v) is 2.70. The highest BCUT2D eigenvalue weighted by molar-refractivity contribution is 7.98. The van der Waals surface area contributed by atoms with Crippen LogP contribution in [-0.2, 0) is 7.05 Å². The number of aromatic nitrogens is 1. The number of benzene rings is 2. The number of hydrogen-bond donors (Lipinski definition) is 0. The molecule has 1 aromatic heterocycles. The third-order valence-corrected chi connectivity index (χ3v) is 3.85. The van der Waals surface area contributed by atoms with Crippen LogP contribution in [0.1, 0.15) is 0 Å². The van der Waals surface area contributed by atoms with Crippen molar-refractivity contribution in [2.24, 2.45) is 7.05 Å². The Morgan fingerprint density at radius 3 is 2.50 bits per heavy atom. The standard InChI is InChI=1S/C14H13NS/c1-15-13-6-4-3-5-11(13)12-8-7-10(16-2)9-14(12)15/h3-9H,1-2H3. The van der Waals surface area contributed by atoms with Crippen LogP contribution < -0.4 is 0 Å². The van der Waals surface area contributed by atoms with Crippen molar-refractivity contribution in [3.8, 4) is 0 Å². The third-order valence-electron chi connectivity index (χ3n) is 3.12. The first-order chi connectivity index (χ1) is 7.81. The van der Waals surface area contributed by atoms with E-state index in [2.05, 4.69) is 60.3 Å². The lowest BCUT2D eigenvalue weighted by atomic mass is 10.2. The summed E-state index contributed by atoms with van der Waals surface area (Å²) in [4.78, 5) is 1.32. The van der Waals surface area contributed by atoms with Crippen molar-refractivity contribution in [1.82, 2.24) is 4.57 Å². The fraction of sp³-hybridized carbons (Fsp3) is 0.143. The highest BCUT2D eigenvalue weighted by Crippen LogP contribution is 2.30. The van der Waals surface area contributed by atoms with Gasteiger partial charge in [0.25, 0.3) is 0 Å². The summed E-state index contributed by atoms with van der Waals surface area (Å²) in [6.07, 6.45) is 2.11. The molecule has 2 heteroatoms. The minimum Gasteiger partial charge on any atom is -0.344 e. The quantitative estimate of drug-likeness (QED) is 0.568. The molecular formula is C14H13NS. The summed E-state index contributed by atoms with van der Waals surface area (Å²) in [5.41, 5.74) is 2.61. The van der Waals surface area contributed by atoms with Crippen molar-refractivity contribution in [2.75, 3.05) is 6.26 Å². The topological polar surface area (TPSA) is 4.93 Å². The number of rotatable bonds is 1. The average Bonchev–Trinajstić information content (AvgIpc) is 2.64. The van der Waals surface area contributed by atoms with Gasteiger partial charge in [-0.25, -0.2) is 0 Å². The van der Waals surface area contributed by atoms with Gasteiger partial charge in [0.2, 0.25) is 0 Å². The van der Waals surface area contributed by atoms with Gasteiger partial charge in [0.15, 0.2) is 0 Å². The van der Waals surface area contributed by atoms with Crippen molar-refractivity contribution < 1.29 is 0 Å². The molecule has 1 heterocycles. The molecule has 0 amide bonds. The number of nitrogens with zero attached hydrogens (tertiary/aromatic N) is 1. The van der Waals surface area contributed by atoms with Crippen LogP contribution in [-0.4, -0.2) is 10.8 Å². The largest absolute Gasteiger partial charge is 0.344 e. The molecule has 3 rings (SSSR count). The first-order valence-corrected chi connectivity index (χ1v) is 6.55. The molecule has 0 saturated carbocycles. The lowest BCUT2D eigenvalue weighted by Crippen LogP contribution is -1.85. The van der Waals surface area contributed by atoms with E-state index in [0.717, 1.165) is 0 Å². The summed E-state index contributed by atoms with van der Waals surface area (Å²) >= 11 is 1.79. The Hall–Kier alpha value is -1.41. The molecule has 3 aromatic rings. The molecular weight excluding hydrogens is 214 g/mol. The molecule has 0 bridgehead atoms. The molecule has 0 spiro atoms. The summed E-state index contributed by atoms with van der Waals surface area (Å²) < 4.78 is 2.27. The molecule has 2 aromatic carbocycles. The van der Waals surface area contributed by atoms with Crippen LogP contribution in [0.2, 0.25) is 0 Å². The van der Waals surface area contributed by atoms with E-state index in [1.165, 1.54) is 26.7 Å². The lowest BCUT2D eigenvalue weighted by Gasteiger charge is -1.99. The van der Waals surface area contributed by atoms with Crippen molar-refractivity contribution in [1.29, 1.82) is 0 Å². The first kappa shape index (κ1) is 9.79. The van der Waals surface area contributed by atoms with Crippen LogP contribution in [0.5, 0.6) is 0 Å². The smallest absolute Gasteiger partial charge is 0.0499 e. The van der Waals surface area contributed by atoms with Gasteiger partial charge < -0.3 is 4.57 Å². The second kappa shape index (κ2) is 3.56. The summed E-state index contributed by atoms with van der Waals surface area (Å²) in [5, 5.41) is 2.68. The van der Waals surface area contributed by atoms with E-state index < -0.39 is 0 Å². The second-order valence-corrected chi connectivity index (χ2v) is 4.84. The zero-order chi connectivity index (χ0) is 11.1. The Morgan fingerprint density at radius 1 is 0.938 bits per heavy atom. The molecule has 0 radical (unpaired) electrons. The normalized spacial score (nSPS) is 11.4. The van der Waals surface area contributed by atoms with Gasteiger partial charge in [-0.05, 0) is 24.5 Å². The fourth-order valence-electron chi connectivity index (χ4n) is 2.27. The van der Waals surface area contributed by atoms with Crippen LogP contribution >= 0.6 is 11.8 Å². The average molecular weight is 227 g/mol. The van der Waals surface area contributed by atoms with Crippen LogP contribution in [0.4, 0.5) is 0 Å². The van der Waals surface area contributed by atoms with E-state index in [-0.39, 0.29) is 0 Å². The molecule has 16 heavy (non-hydrogen) atoms. The van der Waals surface area contributed by atoms with Gasteiger partial charge in [0, 0.05) is 33.7 Å². The van der Waals surface area contributed by atoms with E-state index in [0.29, 0.717) is 0 Å². The van der Waals surface area contributed by atoms with E-state index >= 15 is 0 Å². The van der Waals surface area contributed by atoms with Gasteiger partial charge in [-0.2, -0.15) is 0 Å². The van der Waals surface area contributed by atoms with E-state index in [1.807, 2.05) is 0 Å². The molecule has 0 fully saturated rings. The summed E-state index contributed by atoms with van der Waals surface area (Å²) in [6.45, 7) is 0. The molecule has 0 aliphatic carbocycles. The van der Waals surface area contributed by atoms with Gasteiger partial charge >= 0.3 is 0 Å². The van der Waals surface area contributed by atoms with Crippen LogP contribution in [0.3, 0.4) is 0 Å². The van der Waals surface area contributed by atoms with Gasteiger partial charge in [-0.15, -0.1) is 11.8 Å². The van der Waals surface area contributed by atoms with E-state index in [9.17, 15) is 0 Å². The Bertz CT molecular complexity index is 667. The van der Waals surface area contributed by atoms with E-state index in [1.54, 1.807) is 11.8 Å². The molecule has 0 N–H and O–H groups in total. The minimum absolute atomic E-state index is 1.30. The Kier molecular flexibility index (Phi) is 2.18. The molecule has 80 valence electrons. The van der Waals surface area contributed by atoms with Crippen LogP contribution in [0, 0.1) is 0 Å². The number of aryl methyl sites for hydroxylation is 1. The Labute approximate surface area is 99.1 Å². The van der Waals surface area contributed by atoms with Crippen molar-refractivity contribution >= 4 is 33.6 Å². The highest BCUT2D eigenvalue weighted by Gasteiger charge is 2.07. The summed E-state index contributed by atoms with van der Waals surface area (Å²) in [6, 6.07) is 15.2. The number of hydrogen-bond acceptors (Lipinski definition) is 1. The predicted octanol–water partition coefficient (Wildman–Crippen LogP) is 4.05. The number of thioether (sulfide) groups is 1. The molecule has 0 saturated heterocycles. The maximum absolute atomic E-state index is 2.27. The van der Waals surface area contributed by atoms with Crippen molar-refractivity contribution in [3.63, 3.8) is 0 Å². The van der Waals surface area contributed by atoms with Gasteiger partial charge in [0.1, 0.15) is 0 Å². The maximum atomic E-state index is 2.27. The van der Waals surface area contributed by atoms with Crippen LogP contribution in [0.25, 0.3) is 21.8 Å². The minimum atomic E-state index is 1.30. The first-order valence-electron chi connectivity index (χ1n) is 5.32. The SMILES string of the molecule is CSc1ccc2c3ccccc3n(C)c2c1. The second-order valence-electron chi connectivity index (χ2n) is 3.96. The Morgan fingerprint density at radius 2 is 1.69 bits per heavy atom. The van der Waals surface area contributed by atoms with Crippen molar-refractivity contribution in [2.45, 2.75) is 4.90 Å². The molecule has 0 unspecified atom stereocenters. The van der Waals surface area contributed by atoms with E-state index in [4.69, 9.17) is 0 Å². The zero-order valence-electron chi connectivity index (χ0n) is 9.40. The third kappa shape index (κ3) is 1.26. The Balaban J connectivity index is 2.51. The van der Waals surface area contributed by atoms with Gasteiger partial charge in [-0.1, -0.05) is 24.3 Å². The monoisotopic (exact) mass is 227 g/mol. The number of para-hydroxylation sites is 1. The van der Waals surface area contributed by atoms with Gasteiger partial charge in [0.05, 0.1) is 0 Å². The molecule has 0 aliphatic heterocycles. The van der Waals surface area contributed by atoms with Crippen molar-refractivity contribution in [3.05, 3.63) is 42.5 Å². The molecule has 0 atom stereocenters. The van der Waals surface area contributed by atoms with Gasteiger partial charge in [-0.3, -0.25) is 0 Å². The predicted molar refractivity (Wildman–Crippen MR) is 72.2 cm³/mol. The zero-order valence-corrected chi connectivity index (χ0v) is 10.2. The lowest BCUT2D eigenvalue weighted by molar-refractivity contribution is 1.01.